The summed E-state index contributed by atoms with van der Waals surface area (Å²) < 4.78 is 28.1. The van der Waals surface area contributed by atoms with Crippen molar-refractivity contribution in [1.29, 1.82) is 0 Å². The molecule has 106 valence electrons. The molecule has 21 heavy (non-hydrogen) atoms. The summed E-state index contributed by atoms with van der Waals surface area (Å²) in [7, 11) is 0. The molecule has 0 aliphatic carbocycles. The number of halogens is 3. The van der Waals surface area contributed by atoms with Crippen molar-refractivity contribution in [3.8, 4) is 16.9 Å². The fourth-order valence-corrected chi connectivity index (χ4v) is 2.54. The van der Waals surface area contributed by atoms with Gasteiger partial charge in [-0.2, -0.15) is 0 Å². The van der Waals surface area contributed by atoms with E-state index >= 15 is 0 Å². The van der Waals surface area contributed by atoms with E-state index in [1.165, 1.54) is 6.07 Å². The molecule has 0 spiro atoms. The fraction of sp³-hybridized carbons (Fsp3) is 0. The Kier molecular flexibility index (Phi) is 3.47. The lowest BCUT2D eigenvalue weighted by Crippen LogP contribution is -2.16. The van der Waals surface area contributed by atoms with Crippen LogP contribution >= 0.6 is 15.9 Å². The first kappa shape index (κ1) is 13.8. The van der Waals surface area contributed by atoms with Crippen molar-refractivity contribution in [3.05, 3.63) is 75.0 Å². The van der Waals surface area contributed by atoms with E-state index < -0.39 is 17.2 Å². The van der Waals surface area contributed by atoms with Crippen LogP contribution in [-0.4, -0.2) is 9.78 Å². The minimum Gasteiger partial charge on any atom is -0.289 e. The van der Waals surface area contributed by atoms with E-state index in [1.807, 2.05) is 30.3 Å². The zero-order chi connectivity index (χ0) is 15.0. The molecule has 0 aliphatic heterocycles. The van der Waals surface area contributed by atoms with Crippen LogP contribution in [-0.2, 0) is 0 Å². The number of hydrogen-bond acceptors (Lipinski definition) is 1. The van der Waals surface area contributed by atoms with Gasteiger partial charge in [0.25, 0.3) is 5.56 Å². The largest absolute Gasteiger partial charge is 0.289 e. The molecule has 3 nitrogen and oxygen atoms in total. The number of hydrogen-bond donors (Lipinski definition) is 1. The highest BCUT2D eigenvalue weighted by Crippen LogP contribution is 2.25. The summed E-state index contributed by atoms with van der Waals surface area (Å²) in [5.74, 6) is -1.51. The molecule has 0 atom stereocenters. The first-order chi connectivity index (χ1) is 10.1. The van der Waals surface area contributed by atoms with E-state index in [1.54, 1.807) is 0 Å². The second-order valence-corrected chi connectivity index (χ2v) is 5.20. The maximum Gasteiger partial charge on any atom is 0.286 e. The first-order valence-corrected chi connectivity index (χ1v) is 6.88. The number of nitrogens with one attached hydrogen (secondary N) is 1. The highest BCUT2D eigenvalue weighted by Gasteiger charge is 2.16. The van der Waals surface area contributed by atoms with E-state index in [0.717, 1.165) is 22.4 Å². The Hall–Kier alpha value is -2.21. The van der Waals surface area contributed by atoms with Crippen LogP contribution in [0.15, 0.2) is 57.8 Å². The third-order valence-corrected chi connectivity index (χ3v) is 3.78. The number of benzene rings is 2. The average Bonchev–Trinajstić information content (AvgIpc) is 2.77. The molecule has 0 fully saturated rings. The summed E-state index contributed by atoms with van der Waals surface area (Å²) in [6, 6.07) is 12.2. The first-order valence-electron chi connectivity index (χ1n) is 6.09. The van der Waals surface area contributed by atoms with E-state index in [2.05, 4.69) is 21.0 Å². The van der Waals surface area contributed by atoms with Gasteiger partial charge in [0.15, 0.2) is 5.82 Å². The number of nitrogens with zero attached hydrogens (tertiary/aromatic N) is 1. The lowest BCUT2D eigenvalue weighted by atomic mass is 10.2. The van der Waals surface area contributed by atoms with Gasteiger partial charge in [-0.1, -0.05) is 30.3 Å². The highest BCUT2D eigenvalue weighted by molar-refractivity contribution is 9.10. The molecule has 3 rings (SSSR count). The van der Waals surface area contributed by atoms with Crippen molar-refractivity contribution >= 4 is 15.9 Å². The fourth-order valence-electron chi connectivity index (χ4n) is 2.05. The molecule has 0 saturated heterocycles. The molecule has 3 aromatic rings. The minimum atomic E-state index is -0.814. The molecular weight excluding hydrogens is 342 g/mol. The normalized spacial score (nSPS) is 10.8. The van der Waals surface area contributed by atoms with Crippen LogP contribution in [0.25, 0.3) is 16.9 Å². The third-order valence-electron chi connectivity index (χ3n) is 3.05. The van der Waals surface area contributed by atoms with Crippen molar-refractivity contribution in [2.75, 3.05) is 0 Å². The molecular formula is C15H9BrF2N2O. The maximum atomic E-state index is 13.8. The van der Waals surface area contributed by atoms with Crippen LogP contribution in [0.2, 0.25) is 0 Å². The van der Waals surface area contributed by atoms with Gasteiger partial charge in [-0.05, 0) is 28.1 Å². The van der Waals surface area contributed by atoms with Gasteiger partial charge >= 0.3 is 0 Å². The van der Waals surface area contributed by atoms with Gasteiger partial charge in [0.2, 0.25) is 0 Å². The Morgan fingerprint density at radius 2 is 1.76 bits per heavy atom. The van der Waals surface area contributed by atoms with Crippen molar-refractivity contribution < 1.29 is 8.78 Å². The van der Waals surface area contributed by atoms with Crippen molar-refractivity contribution in [2.45, 2.75) is 0 Å². The molecule has 0 unspecified atom stereocenters. The molecule has 1 heterocycles. The highest BCUT2D eigenvalue weighted by atomic mass is 79.9. The van der Waals surface area contributed by atoms with Crippen LogP contribution in [0.3, 0.4) is 0 Å². The smallest absolute Gasteiger partial charge is 0.286 e. The SMILES string of the molecule is O=c1c(Br)c(-c2ccccc2)[nH]n1-c1ccc(F)cc1F. The quantitative estimate of drug-likeness (QED) is 0.748. The summed E-state index contributed by atoms with van der Waals surface area (Å²) in [5.41, 5.74) is 0.829. The lowest BCUT2D eigenvalue weighted by molar-refractivity contribution is 0.572. The van der Waals surface area contributed by atoms with Crippen LogP contribution in [0.5, 0.6) is 0 Å². The van der Waals surface area contributed by atoms with Gasteiger partial charge in [0.05, 0.1) is 5.69 Å². The van der Waals surface area contributed by atoms with Crippen molar-refractivity contribution in [2.24, 2.45) is 0 Å². The number of H-pyrrole nitrogens is 1. The molecule has 0 radical (unpaired) electrons. The minimum absolute atomic E-state index is 0.0377. The zero-order valence-corrected chi connectivity index (χ0v) is 12.2. The molecule has 6 heteroatoms. The number of aromatic nitrogens is 2. The van der Waals surface area contributed by atoms with Gasteiger partial charge in [0.1, 0.15) is 16.0 Å². The van der Waals surface area contributed by atoms with E-state index in [4.69, 9.17) is 0 Å². The second kappa shape index (κ2) is 5.29. The maximum absolute atomic E-state index is 13.8. The summed E-state index contributed by atoms with van der Waals surface area (Å²) in [4.78, 5) is 12.2. The third kappa shape index (κ3) is 2.42. The summed E-state index contributed by atoms with van der Waals surface area (Å²) in [6.07, 6.45) is 0. The van der Waals surface area contributed by atoms with Gasteiger partial charge < -0.3 is 0 Å². The topological polar surface area (TPSA) is 37.8 Å². The van der Waals surface area contributed by atoms with Crippen LogP contribution in [0, 0.1) is 11.6 Å². The van der Waals surface area contributed by atoms with E-state index in [0.29, 0.717) is 5.69 Å². The summed E-state index contributed by atoms with van der Waals surface area (Å²) in [6.45, 7) is 0. The Labute approximate surface area is 127 Å². The van der Waals surface area contributed by atoms with Crippen molar-refractivity contribution in [3.63, 3.8) is 0 Å². The Morgan fingerprint density at radius 1 is 1.05 bits per heavy atom. The number of aromatic amines is 1. The molecule has 1 aromatic heterocycles. The van der Waals surface area contributed by atoms with Gasteiger partial charge in [-0.3, -0.25) is 9.89 Å². The molecule has 0 aliphatic rings. The monoisotopic (exact) mass is 350 g/mol. The molecule has 0 saturated carbocycles. The average molecular weight is 351 g/mol. The van der Waals surface area contributed by atoms with E-state index in [9.17, 15) is 13.6 Å². The molecule has 1 N–H and O–H groups in total. The summed E-state index contributed by atoms with van der Waals surface area (Å²) >= 11 is 3.21. The van der Waals surface area contributed by atoms with Crippen molar-refractivity contribution in [1.82, 2.24) is 9.78 Å². The predicted octanol–water partition coefficient (Wildman–Crippen LogP) is 3.87. The molecule has 2 aromatic carbocycles. The van der Waals surface area contributed by atoms with E-state index in [-0.39, 0.29) is 10.2 Å². The predicted molar refractivity (Wildman–Crippen MR) is 79.4 cm³/mol. The summed E-state index contributed by atoms with van der Waals surface area (Å²) in [5, 5.41) is 2.84. The second-order valence-electron chi connectivity index (χ2n) is 4.40. The zero-order valence-electron chi connectivity index (χ0n) is 10.6. The van der Waals surface area contributed by atoms with Gasteiger partial charge in [0, 0.05) is 11.6 Å². The lowest BCUT2D eigenvalue weighted by Gasteiger charge is -2.03. The Bertz CT molecular complexity index is 856. The van der Waals surface area contributed by atoms with Crippen LogP contribution < -0.4 is 5.56 Å². The van der Waals surface area contributed by atoms with Crippen LogP contribution in [0.4, 0.5) is 8.78 Å². The number of rotatable bonds is 2. The van der Waals surface area contributed by atoms with Gasteiger partial charge in [-0.25, -0.2) is 13.5 Å². The molecule has 0 bridgehead atoms. The molecule has 0 amide bonds. The Morgan fingerprint density at radius 3 is 2.43 bits per heavy atom. The van der Waals surface area contributed by atoms with Crippen LogP contribution in [0.1, 0.15) is 0 Å². The van der Waals surface area contributed by atoms with Gasteiger partial charge in [-0.15, -0.1) is 0 Å². The Balaban J connectivity index is 2.20. The standard InChI is InChI=1S/C15H9BrF2N2O/c16-13-14(9-4-2-1-3-5-9)19-20(15(13)21)12-7-6-10(17)8-11(12)18/h1-8,19H.